The summed E-state index contributed by atoms with van der Waals surface area (Å²) in [6, 6.07) is 1.000. The molecule has 16 heavy (non-hydrogen) atoms. The van der Waals surface area contributed by atoms with Crippen LogP contribution in [-0.4, -0.2) is 49.6 Å². The highest BCUT2D eigenvalue weighted by Crippen LogP contribution is 2.12. The third-order valence-corrected chi connectivity index (χ3v) is 2.96. The Morgan fingerprint density at radius 2 is 1.94 bits per heavy atom. The standard InChI is InChI=1S/C11H23N3O.ClH/c1-9(2)14-6-4-10(5-7-14)13-11(15)8-12-3;/h9-10,12H,4-8H2,1-3H3,(H,13,15);1H. The molecule has 0 bridgehead atoms. The van der Waals surface area contributed by atoms with Crippen LogP contribution in [0.4, 0.5) is 0 Å². The number of nitrogens with one attached hydrogen (secondary N) is 2. The highest BCUT2D eigenvalue weighted by molar-refractivity contribution is 5.85. The van der Waals surface area contributed by atoms with Crippen molar-refractivity contribution >= 4 is 18.3 Å². The zero-order chi connectivity index (χ0) is 11.3. The van der Waals surface area contributed by atoms with Gasteiger partial charge in [0.15, 0.2) is 0 Å². The molecule has 1 aliphatic rings. The van der Waals surface area contributed by atoms with Crippen molar-refractivity contribution in [3.8, 4) is 0 Å². The van der Waals surface area contributed by atoms with Crippen molar-refractivity contribution in [2.75, 3.05) is 26.7 Å². The summed E-state index contributed by atoms with van der Waals surface area (Å²) >= 11 is 0. The van der Waals surface area contributed by atoms with Gasteiger partial charge in [-0.2, -0.15) is 0 Å². The van der Waals surface area contributed by atoms with E-state index in [-0.39, 0.29) is 18.3 Å². The minimum atomic E-state index is 0. The number of carbonyl (C=O) groups is 1. The summed E-state index contributed by atoms with van der Waals surface area (Å²) in [5.41, 5.74) is 0. The zero-order valence-electron chi connectivity index (χ0n) is 10.5. The fraction of sp³-hybridized carbons (Fsp3) is 0.909. The van der Waals surface area contributed by atoms with Crippen LogP contribution in [0.3, 0.4) is 0 Å². The second kappa shape index (κ2) is 7.87. The monoisotopic (exact) mass is 249 g/mol. The van der Waals surface area contributed by atoms with E-state index in [2.05, 4.69) is 29.4 Å². The van der Waals surface area contributed by atoms with Crippen LogP contribution in [0.25, 0.3) is 0 Å². The predicted octanol–water partition coefficient (Wildman–Crippen LogP) is 0.617. The predicted molar refractivity (Wildman–Crippen MR) is 69.0 cm³/mol. The summed E-state index contributed by atoms with van der Waals surface area (Å²) in [6.45, 7) is 7.06. The number of hydrogen-bond acceptors (Lipinski definition) is 3. The number of halogens is 1. The van der Waals surface area contributed by atoms with Crippen LogP contribution < -0.4 is 10.6 Å². The number of carbonyl (C=O) groups excluding carboxylic acids is 1. The first kappa shape index (κ1) is 15.7. The highest BCUT2D eigenvalue weighted by atomic mass is 35.5. The lowest BCUT2D eigenvalue weighted by molar-refractivity contribution is -0.121. The normalized spacial score (nSPS) is 18.2. The van der Waals surface area contributed by atoms with Gasteiger partial charge >= 0.3 is 0 Å². The van der Waals surface area contributed by atoms with Crippen molar-refractivity contribution in [2.45, 2.75) is 38.8 Å². The lowest BCUT2D eigenvalue weighted by Gasteiger charge is -2.34. The van der Waals surface area contributed by atoms with Gasteiger partial charge in [-0.1, -0.05) is 0 Å². The number of likely N-dealkylation sites (N-methyl/N-ethyl adjacent to an activating group) is 1. The van der Waals surface area contributed by atoms with E-state index in [4.69, 9.17) is 0 Å². The fourth-order valence-electron chi connectivity index (χ4n) is 2.00. The quantitative estimate of drug-likeness (QED) is 0.768. The van der Waals surface area contributed by atoms with Gasteiger partial charge < -0.3 is 15.5 Å². The molecule has 0 aromatic carbocycles. The first-order valence-electron chi connectivity index (χ1n) is 5.81. The lowest BCUT2D eigenvalue weighted by Crippen LogP contribution is -2.48. The molecule has 0 aliphatic carbocycles. The Morgan fingerprint density at radius 1 is 1.38 bits per heavy atom. The second-order valence-corrected chi connectivity index (χ2v) is 4.50. The molecule has 1 saturated heterocycles. The van der Waals surface area contributed by atoms with Crippen LogP contribution in [0.1, 0.15) is 26.7 Å². The topological polar surface area (TPSA) is 44.4 Å². The van der Waals surface area contributed by atoms with E-state index < -0.39 is 0 Å². The summed E-state index contributed by atoms with van der Waals surface area (Å²) in [5, 5.41) is 5.91. The lowest BCUT2D eigenvalue weighted by atomic mass is 10.0. The molecule has 5 heteroatoms. The van der Waals surface area contributed by atoms with Crippen molar-refractivity contribution in [1.29, 1.82) is 0 Å². The third-order valence-electron chi connectivity index (χ3n) is 2.96. The molecule has 96 valence electrons. The van der Waals surface area contributed by atoms with E-state index in [1.165, 1.54) is 0 Å². The summed E-state index contributed by atoms with van der Waals surface area (Å²) in [6.07, 6.45) is 2.15. The second-order valence-electron chi connectivity index (χ2n) is 4.50. The van der Waals surface area contributed by atoms with Crippen LogP contribution >= 0.6 is 12.4 Å². The molecule has 1 amide bonds. The largest absolute Gasteiger partial charge is 0.352 e. The van der Waals surface area contributed by atoms with Gasteiger partial charge in [-0.15, -0.1) is 12.4 Å². The first-order valence-corrected chi connectivity index (χ1v) is 5.81. The molecule has 4 nitrogen and oxygen atoms in total. The molecule has 0 radical (unpaired) electrons. The summed E-state index contributed by atoms with van der Waals surface area (Å²) in [7, 11) is 1.79. The minimum absolute atomic E-state index is 0. The van der Waals surface area contributed by atoms with E-state index in [9.17, 15) is 4.79 Å². The Morgan fingerprint density at radius 3 is 2.38 bits per heavy atom. The molecule has 0 saturated carbocycles. The Hall–Kier alpha value is -0.320. The summed E-state index contributed by atoms with van der Waals surface area (Å²) in [4.78, 5) is 13.8. The van der Waals surface area contributed by atoms with Crippen LogP contribution in [0.2, 0.25) is 0 Å². The molecule has 1 aliphatic heterocycles. The van der Waals surface area contributed by atoms with Crippen molar-refractivity contribution < 1.29 is 4.79 Å². The average Bonchev–Trinajstić information content (AvgIpc) is 2.18. The Labute approximate surface area is 105 Å². The highest BCUT2D eigenvalue weighted by Gasteiger charge is 2.21. The summed E-state index contributed by atoms with van der Waals surface area (Å²) < 4.78 is 0. The Bertz CT molecular complexity index is 203. The van der Waals surface area contributed by atoms with E-state index in [0.29, 0.717) is 18.6 Å². The van der Waals surface area contributed by atoms with Gasteiger partial charge in [-0.25, -0.2) is 0 Å². The molecular formula is C11H24ClN3O. The van der Waals surface area contributed by atoms with Gasteiger partial charge in [0.2, 0.25) is 5.91 Å². The maximum atomic E-state index is 11.3. The number of nitrogens with zero attached hydrogens (tertiary/aromatic N) is 1. The van der Waals surface area contributed by atoms with E-state index in [0.717, 1.165) is 25.9 Å². The maximum Gasteiger partial charge on any atom is 0.234 e. The molecule has 1 fully saturated rings. The van der Waals surface area contributed by atoms with E-state index >= 15 is 0 Å². The number of piperidine rings is 1. The average molecular weight is 250 g/mol. The van der Waals surface area contributed by atoms with Crippen LogP contribution in [0, 0.1) is 0 Å². The van der Waals surface area contributed by atoms with Crippen molar-refractivity contribution in [1.82, 2.24) is 15.5 Å². The first-order chi connectivity index (χ1) is 7.13. The van der Waals surface area contributed by atoms with Gasteiger partial charge in [0, 0.05) is 25.2 Å². The molecule has 0 aromatic rings. The molecule has 1 rings (SSSR count). The number of rotatable bonds is 4. The molecule has 0 unspecified atom stereocenters. The molecule has 1 heterocycles. The number of likely N-dealkylation sites (tertiary alicyclic amines) is 1. The Balaban J connectivity index is 0.00000225. The molecule has 0 atom stereocenters. The van der Waals surface area contributed by atoms with Gasteiger partial charge in [-0.3, -0.25) is 4.79 Å². The molecular weight excluding hydrogens is 226 g/mol. The molecule has 0 spiro atoms. The van der Waals surface area contributed by atoms with E-state index in [1.807, 2.05) is 0 Å². The van der Waals surface area contributed by atoms with Crippen LogP contribution in [0.5, 0.6) is 0 Å². The Kier molecular flexibility index (Phi) is 7.72. The van der Waals surface area contributed by atoms with Crippen molar-refractivity contribution in [3.63, 3.8) is 0 Å². The third kappa shape index (κ3) is 5.14. The SMILES string of the molecule is CNCC(=O)NC1CCN(C(C)C)CC1.Cl. The number of hydrogen-bond donors (Lipinski definition) is 2. The molecule has 0 aromatic heterocycles. The zero-order valence-corrected chi connectivity index (χ0v) is 11.3. The van der Waals surface area contributed by atoms with Gasteiger partial charge in [-0.05, 0) is 33.7 Å². The van der Waals surface area contributed by atoms with Gasteiger partial charge in [0.05, 0.1) is 6.54 Å². The smallest absolute Gasteiger partial charge is 0.234 e. The number of amides is 1. The molecule has 2 N–H and O–H groups in total. The maximum absolute atomic E-state index is 11.3. The fourth-order valence-corrected chi connectivity index (χ4v) is 2.00. The van der Waals surface area contributed by atoms with Crippen LogP contribution in [-0.2, 0) is 4.79 Å². The summed E-state index contributed by atoms with van der Waals surface area (Å²) in [5.74, 6) is 0.112. The van der Waals surface area contributed by atoms with Gasteiger partial charge in [0.1, 0.15) is 0 Å². The van der Waals surface area contributed by atoms with Crippen molar-refractivity contribution in [2.24, 2.45) is 0 Å². The van der Waals surface area contributed by atoms with Crippen molar-refractivity contribution in [3.05, 3.63) is 0 Å². The minimum Gasteiger partial charge on any atom is -0.352 e. The van der Waals surface area contributed by atoms with Crippen LogP contribution in [0.15, 0.2) is 0 Å². The van der Waals surface area contributed by atoms with E-state index in [1.54, 1.807) is 7.05 Å². The van der Waals surface area contributed by atoms with Gasteiger partial charge in [0.25, 0.3) is 0 Å².